The number of ether oxygens (including phenoxy) is 1. The van der Waals surface area contributed by atoms with Crippen molar-refractivity contribution in [2.45, 2.75) is 11.3 Å². The molecule has 0 radical (unpaired) electrons. The monoisotopic (exact) mass is 269 g/mol. The number of fused-ring (bicyclic) bond motifs is 1. The fourth-order valence-corrected chi connectivity index (χ4v) is 2.76. The largest absolute Gasteiger partial charge is 0.385 e. The molecule has 98 valence electrons. The number of sulfonamides is 1. The van der Waals surface area contributed by atoms with Crippen molar-refractivity contribution in [3.8, 4) is 0 Å². The van der Waals surface area contributed by atoms with Gasteiger partial charge in [0.05, 0.1) is 5.69 Å². The molecule has 18 heavy (non-hydrogen) atoms. The van der Waals surface area contributed by atoms with Crippen LogP contribution in [-0.2, 0) is 14.8 Å². The second-order valence-electron chi connectivity index (χ2n) is 3.80. The predicted molar refractivity (Wildman–Crippen MR) is 69.2 cm³/mol. The lowest BCUT2D eigenvalue weighted by Crippen LogP contribution is -2.40. The highest BCUT2D eigenvalue weighted by Crippen LogP contribution is 2.23. The molecule has 0 aromatic heterocycles. The Kier molecular flexibility index (Phi) is 3.83. The molecule has 0 unspecified atom stereocenters. The summed E-state index contributed by atoms with van der Waals surface area (Å²) in [4.78, 5) is 4.39. The van der Waals surface area contributed by atoms with Gasteiger partial charge in [-0.3, -0.25) is 4.99 Å². The van der Waals surface area contributed by atoms with Crippen LogP contribution in [0.25, 0.3) is 0 Å². The van der Waals surface area contributed by atoms with Crippen molar-refractivity contribution < 1.29 is 13.2 Å². The highest BCUT2D eigenvalue weighted by Gasteiger charge is 2.25. The Morgan fingerprint density at radius 3 is 2.89 bits per heavy atom. The van der Waals surface area contributed by atoms with Gasteiger partial charge in [-0.05, 0) is 18.6 Å². The first-order chi connectivity index (χ1) is 8.63. The van der Waals surface area contributed by atoms with E-state index in [1.165, 1.54) is 0 Å². The number of rotatable bonds is 4. The fourth-order valence-electron chi connectivity index (χ4n) is 1.61. The van der Waals surface area contributed by atoms with Crippen molar-refractivity contribution in [3.05, 3.63) is 24.3 Å². The summed E-state index contributed by atoms with van der Waals surface area (Å²) in [6, 6.07) is 6.71. The highest BCUT2D eigenvalue weighted by atomic mass is 32.2. The summed E-state index contributed by atoms with van der Waals surface area (Å²) in [5, 5.41) is 2.95. The Morgan fingerprint density at radius 2 is 2.11 bits per heavy atom. The Bertz CT molecular complexity index is 554. The van der Waals surface area contributed by atoms with Gasteiger partial charge in [0.2, 0.25) is 5.96 Å². The first-order valence-electron chi connectivity index (χ1n) is 5.56. The summed E-state index contributed by atoms with van der Waals surface area (Å²) in [6.07, 6.45) is 0.741. The molecule has 1 aliphatic heterocycles. The van der Waals surface area contributed by atoms with Gasteiger partial charge >= 0.3 is 0 Å². The van der Waals surface area contributed by atoms with Gasteiger partial charge in [0, 0.05) is 20.3 Å². The summed E-state index contributed by atoms with van der Waals surface area (Å²) in [7, 11) is -1.89. The van der Waals surface area contributed by atoms with E-state index < -0.39 is 10.0 Å². The van der Waals surface area contributed by atoms with Gasteiger partial charge in [-0.15, -0.1) is 0 Å². The summed E-state index contributed by atoms with van der Waals surface area (Å²) in [6.45, 7) is 1.10. The van der Waals surface area contributed by atoms with Crippen molar-refractivity contribution in [3.63, 3.8) is 0 Å². The molecule has 0 saturated heterocycles. The summed E-state index contributed by atoms with van der Waals surface area (Å²) < 4.78 is 31.1. The van der Waals surface area contributed by atoms with Crippen LogP contribution in [0.3, 0.4) is 0 Å². The minimum atomic E-state index is -3.51. The van der Waals surface area contributed by atoms with E-state index in [4.69, 9.17) is 4.74 Å². The zero-order valence-electron chi connectivity index (χ0n) is 10.0. The standard InChI is InChI=1S/C11H15N3O3S/c1-17-8-4-7-12-11-13-9-5-2-3-6-10(9)18(15,16)14-11/h2-3,5-6H,4,7-8H2,1H3,(H2,12,13,14). The van der Waals surface area contributed by atoms with Gasteiger partial charge in [0.15, 0.2) is 0 Å². The summed E-state index contributed by atoms with van der Waals surface area (Å²) in [5.41, 5.74) is 0.543. The number of benzene rings is 1. The molecule has 0 bridgehead atoms. The van der Waals surface area contributed by atoms with Crippen LogP contribution in [0.4, 0.5) is 5.69 Å². The van der Waals surface area contributed by atoms with Gasteiger partial charge in [-0.1, -0.05) is 12.1 Å². The maximum absolute atomic E-state index is 11.9. The van der Waals surface area contributed by atoms with Crippen molar-refractivity contribution in [1.82, 2.24) is 4.72 Å². The Morgan fingerprint density at radius 1 is 1.33 bits per heavy atom. The molecule has 1 aliphatic rings. The van der Waals surface area contributed by atoms with Crippen LogP contribution >= 0.6 is 0 Å². The normalized spacial score (nSPS) is 18.8. The molecule has 2 N–H and O–H groups in total. The fraction of sp³-hybridized carbons (Fsp3) is 0.364. The van der Waals surface area contributed by atoms with Gasteiger partial charge in [0.25, 0.3) is 10.0 Å². The lowest BCUT2D eigenvalue weighted by molar-refractivity contribution is 0.197. The number of para-hydroxylation sites is 1. The SMILES string of the molecule is COCCCN=C1Nc2ccccc2S(=O)(=O)N1. The second-order valence-corrected chi connectivity index (χ2v) is 5.45. The lowest BCUT2D eigenvalue weighted by atomic mass is 10.3. The van der Waals surface area contributed by atoms with E-state index in [1.54, 1.807) is 31.4 Å². The van der Waals surface area contributed by atoms with Gasteiger partial charge in [-0.25, -0.2) is 13.1 Å². The quantitative estimate of drug-likeness (QED) is 0.792. The van der Waals surface area contributed by atoms with Crippen LogP contribution in [0.5, 0.6) is 0 Å². The number of methoxy groups -OCH3 is 1. The maximum Gasteiger partial charge on any atom is 0.266 e. The Hall–Kier alpha value is -1.60. The smallest absolute Gasteiger partial charge is 0.266 e. The third-order valence-corrected chi connectivity index (χ3v) is 3.83. The molecule has 1 aromatic rings. The average Bonchev–Trinajstić information content (AvgIpc) is 2.34. The van der Waals surface area contributed by atoms with Crippen LogP contribution in [-0.4, -0.2) is 34.6 Å². The van der Waals surface area contributed by atoms with E-state index in [0.29, 0.717) is 18.8 Å². The molecule has 7 heteroatoms. The van der Waals surface area contributed by atoms with Crippen LogP contribution in [0.15, 0.2) is 34.2 Å². The van der Waals surface area contributed by atoms with Crippen molar-refractivity contribution in [2.24, 2.45) is 4.99 Å². The second kappa shape index (κ2) is 5.36. The number of aliphatic imine (C=N–C) groups is 1. The summed E-state index contributed by atoms with van der Waals surface area (Å²) in [5.74, 6) is 0.254. The number of nitrogens with zero attached hydrogens (tertiary/aromatic N) is 1. The molecular weight excluding hydrogens is 254 g/mol. The Labute approximate surface area is 106 Å². The van der Waals surface area contributed by atoms with Crippen LogP contribution in [0.2, 0.25) is 0 Å². The molecule has 1 heterocycles. The molecule has 0 aliphatic carbocycles. The molecular formula is C11H15N3O3S. The first kappa shape index (κ1) is 12.8. The Balaban J connectivity index is 2.17. The minimum Gasteiger partial charge on any atom is -0.385 e. The van der Waals surface area contributed by atoms with E-state index in [2.05, 4.69) is 15.0 Å². The number of hydrogen-bond donors (Lipinski definition) is 2. The van der Waals surface area contributed by atoms with Crippen LogP contribution in [0, 0.1) is 0 Å². The molecule has 6 nitrogen and oxygen atoms in total. The third kappa shape index (κ3) is 2.80. The number of nitrogens with one attached hydrogen (secondary N) is 2. The molecule has 0 fully saturated rings. The van der Waals surface area contributed by atoms with Crippen molar-refractivity contribution >= 4 is 21.7 Å². The number of anilines is 1. The molecule has 0 atom stereocenters. The third-order valence-electron chi connectivity index (χ3n) is 2.44. The maximum atomic E-state index is 11.9. The van der Waals surface area contributed by atoms with Gasteiger partial charge < -0.3 is 10.1 Å². The van der Waals surface area contributed by atoms with E-state index in [1.807, 2.05) is 0 Å². The van der Waals surface area contributed by atoms with E-state index in [-0.39, 0.29) is 10.9 Å². The molecule has 0 amide bonds. The average molecular weight is 269 g/mol. The van der Waals surface area contributed by atoms with Crippen LogP contribution in [0.1, 0.15) is 6.42 Å². The predicted octanol–water partition coefficient (Wildman–Crippen LogP) is 0.783. The molecule has 1 aromatic carbocycles. The zero-order valence-corrected chi connectivity index (χ0v) is 10.8. The van der Waals surface area contributed by atoms with Crippen molar-refractivity contribution in [2.75, 3.05) is 25.6 Å². The first-order valence-corrected chi connectivity index (χ1v) is 7.04. The zero-order chi connectivity index (χ0) is 13.0. The minimum absolute atomic E-state index is 0.237. The van der Waals surface area contributed by atoms with E-state index >= 15 is 0 Å². The summed E-state index contributed by atoms with van der Waals surface area (Å²) >= 11 is 0. The topological polar surface area (TPSA) is 79.8 Å². The molecule has 2 rings (SSSR count). The highest BCUT2D eigenvalue weighted by molar-refractivity contribution is 7.90. The van der Waals surface area contributed by atoms with E-state index in [9.17, 15) is 8.42 Å². The van der Waals surface area contributed by atoms with Gasteiger partial charge in [-0.2, -0.15) is 0 Å². The number of hydrogen-bond acceptors (Lipinski definition) is 4. The molecule has 0 saturated carbocycles. The van der Waals surface area contributed by atoms with Gasteiger partial charge in [0.1, 0.15) is 4.90 Å². The van der Waals surface area contributed by atoms with Crippen molar-refractivity contribution in [1.29, 1.82) is 0 Å². The number of guanidine groups is 1. The lowest BCUT2D eigenvalue weighted by Gasteiger charge is -2.21. The molecule has 0 spiro atoms. The van der Waals surface area contributed by atoms with Crippen LogP contribution < -0.4 is 10.0 Å². The van der Waals surface area contributed by atoms with E-state index in [0.717, 1.165) is 6.42 Å².